The fourth-order valence-corrected chi connectivity index (χ4v) is 3.21. The van der Waals surface area contributed by atoms with Gasteiger partial charge in [-0.05, 0) is 50.7 Å². The standard InChI is InChI=1S/C20H32N2O3.ClH/c1-13(2)9-15(4)24-19-10-14(3)5-6-16(19)12-22-20(23)18-8-7-17(11-21)25-18;/h5-6,10,13,15,17-18H,7-9,11-12,21H2,1-4H3,(H,22,23);1H/t15?,17-,18+;/m1./s1. The van der Waals surface area contributed by atoms with E-state index in [9.17, 15) is 4.79 Å². The van der Waals surface area contributed by atoms with Crippen LogP contribution in [-0.2, 0) is 16.1 Å². The zero-order chi connectivity index (χ0) is 18.4. The molecule has 0 spiro atoms. The quantitative estimate of drug-likeness (QED) is 0.720. The molecule has 2 rings (SSSR count). The molecule has 3 N–H and O–H groups in total. The summed E-state index contributed by atoms with van der Waals surface area (Å²) in [6.07, 6.45) is 2.33. The van der Waals surface area contributed by atoms with Gasteiger partial charge in [-0.15, -0.1) is 12.4 Å². The van der Waals surface area contributed by atoms with Crippen LogP contribution < -0.4 is 15.8 Å². The molecule has 1 saturated heterocycles. The van der Waals surface area contributed by atoms with Gasteiger partial charge in [-0.25, -0.2) is 0 Å². The van der Waals surface area contributed by atoms with E-state index in [-0.39, 0.29) is 36.6 Å². The minimum atomic E-state index is -0.386. The number of benzene rings is 1. The first-order chi connectivity index (χ1) is 11.9. The van der Waals surface area contributed by atoms with Crippen molar-refractivity contribution in [1.82, 2.24) is 5.32 Å². The van der Waals surface area contributed by atoms with Gasteiger partial charge in [0.05, 0.1) is 12.2 Å². The van der Waals surface area contributed by atoms with Gasteiger partial charge in [0, 0.05) is 18.7 Å². The number of amides is 1. The normalized spacial score (nSPS) is 20.5. The van der Waals surface area contributed by atoms with Crippen LogP contribution in [0.1, 0.15) is 51.2 Å². The molecule has 148 valence electrons. The number of nitrogens with two attached hydrogens (primary N) is 1. The van der Waals surface area contributed by atoms with Gasteiger partial charge in [0.2, 0.25) is 5.91 Å². The first-order valence-corrected chi connectivity index (χ1v) is 9.28. The number of nitrogens with one attached hydrogen (secondary N) is 1. The Hall–Kier alpha value is -1.30. The van der Waals surface area contributed by atoms with Crippen molar-refractivity contribution in [2.24, 2.45) is 11.7 Å². The highest BCUT2D eigenvalue weighted by molar-refractivity contribution is 5.85. The van der Waals surface area contributed by atoms with E-state index in [4.69, 9.17) is 15.2 Å². The van der Waals surface area contributed by atoms with Crippen molar-refractivity contribution in [1.29, 1.82) is 0 Å². The van der Waals surface area contributed by atoms with Crippen molar-refractivity contribution in [2.75, 3.05) is 6.54 Å². The first kappa shape index (κ1) is 22.7. The lowest BCUT2D eigenvalue weighted by Crippen LogP contribution is -2.35. The predicted molar refractivity (Wildman–Crippen MR) is 107 cm³/mol. The van der Waals surface area contributed by atoms with Crippen LogP contribution in [0.25, 0.3) is 0 Å². The average Bonchev–Trinajstić information content (AvgIpc) is 3.02. The largest absolute Gasteiger partial charge is 0.490 e. The number of ether oxygens (including phenoxy) is 2. The number of carbonyl (C=O) groups excluding carboxylic acids is 1. The van der Waals surface area contributed by atoms with Crippen LogP contribution in [0.5, 0.6) is 5.75 Å². The van der Waals surface area contributed by atoms with Crippen LogP contribution in [0.3, 0.4) is 0 Å². The lowest BCUT2D eigenvalue weighted by Gasteiger charge is -2.20. The Morgan fingerprint density at radius 2 is 2.08 bits per heavy atom. The highest BCUT2D eigenvalue weighted by Crippen LogP contribution is 2.24. The van der Waals surface area contributed by atoms with Crippen molar-refractivity contribution in [3.8, 4) is 5.75 Å². The van der Waals surface area contributed by atoms with Crippen LogP contribution >= 0.6 is 12.4 Å². The van der Waals surface area contributed by atoms with Crippen molar-refractivity contribution >= 4 is 18.3 Å². The molecular weight excluding hydrogens is 352 g/mol. The molecule has 5 nitrogen and oxygen atoms in total. The second kappa shape index (κ2) is 10.8. The third kappa shape index (κ3) is 6.78. The van der Waals surface area contributed by atoms with Crippen molar-refractivity contribution in [3.05, 3.63) is 29.3 Å². The van der Waals surface area contributed by atoms with E-state index < -0.39 is 0 Å². The third-order valence-corrected chi connectivity index (χ3v) is 4.47. The topological polar surface area (TPSA) is 73.6 Å². The molecule has 1 amide bonds. The second-order valence-corrected chi connectivity index (χ2v) is 7.45. The highest BCUT2D eigenvalue weighted by atomic mass is 35.5. The molecule has 1 heterocycles. The molecule has 26 heavy (non-hydrogen) atoms. The number of aryl methyl sites for hydroxylation is 1. The zero-order valence-electron chi connectivity index (χ0n) is 16.3. The van der Waals surface area contributed by atoms with Gasteiger partial charge in [-0.2, -0.15) is 0 Å². The summed E-state index contributed by atoms with van der Waals surface area (Å²) in [6, 6.07) is 6.10. The Labute approximate surface area is 163 Å². The van der Waals surface area contributed by atoms with Crippen LogP contribution in [-0.4, -0.2) is 30.8 Å². The molecule has 1 aromatic carbocycles. The Bertz CT molecular complexity index is 580. The summed E-state index contributed by atoms with van der Waals surface area (Å²) in [7, 11) is 0. The fraction of sp³-hybridized carbons (Fsp3) is 0.650. The summed E-state index contributed by atoms with van der Waals surface area (Å²) in [5.41, 5.74) is 7.74. The molecular formula is C20H33ClN2O3. The van der Waals surface area contributed by atoms with Gasteiger partial charge >= 0.3 is 0 Å². The molecule has 3 atom stereocenters. The lowest BCUT2D eigenvalue weighted by molar-refractivity contribution is -0.132. The van der Waals surface area contributed by atoms with Gasteiger partial charge in [0.1, 0.15) is 11.9 Å². The number of rotatable bonds is 8. The number of hydrogen-bond donors (Lipinski definition) is 2. The lowest BCUT2D eigenvalue weighted by atomic mass is 10.1. The van der Waals surface area contributed by atoms with Crippen molar-refractivity contribution in [3.63, 3.8) is 0 Å². The SMILES string of the molecule is Cc1ccc(CNC(=O)[C@@H]2CC[C@H](CN)O2)c(OC(C)CC(C)C)c1.Cl. The highest BCUT2D eigenvalue weighted by Gasteiger charge is 2.29. The van der Waals surface area contributed by atoms with E-state index in [0.29, 0.717) is 19.0 Å². The molecule has 1 aliphatic rings. The summed E-state index contributed by atoms with van der Waals surface area (Å²) >= 11 is 0. The van der Waals surface area contributed by atoms with Crippen LogP contribution in [0, 0.1) is 12.8 Å². The molecule has 1 fully saturated rings. The molecule has 0 aromatic heterocycles. The summed E-state index contributed by atoms with van der Waals surface area (Å²) in [5.74, 6) is 1.36. The van der Waals surface area contributed by atoms with E-state index in [1.807, 2.05) is 25.1 Å². The van der Waals surface area contributed by atoms with E-state index in [1.165, 1.54) is 0 Å². The van der Waals surface area contributed by atoms with Crippen LogP contribution in [0.2, 0.25) is 0 Å². The first-order valence-electron chi connectivity index (χ1n) is 9.28. The number of hydrogen-bond acceptors (Lipinski definition) is 4. The number of carbonyl (C=O) groups is 1. The van der Waals surface area contributed by atoms with E-state index >= 15 is 0 Å². The molecule has 0 aliphatic carbocycles. The molecule has 0 saturated carbocycles. The molecule has 1 unspecified atom stereocenters. The Kier molecular flexibility index (Phi) is 9.41. The number of halogens is 1. The van der Waals surface area contributed by atoms with Gasteiger partial charge in [-0.1, -0.05) is 26.0 Å². The van der Waals surface area contributed by atoms with Crippen molar-refractivity contribution in [2.45, 2.75) is 71.8 Å². The summed E-state index contributed by atoms with van der Waals surface area (Å²) in [6.45, 7) is 9.41. The minimum absolute atomic E-state index is 0. The van der Waals surface area contributed by atoms with Crippen LogP contribution in [0.4, 0.5) is 0 Å². The van der Waals surface area contributed by atoms with Crippen molar-refractivity contribution < 1.29 is 14.3 Å². The second-order valence-electron chi connectivity index (χ2n) is 7.45. The third-order valence-electron chi connectivity index (χ3n) is 4.47. The molecule has 0 bridgehead atoms. The Morgan fingerprint density at radius 1 is 1.35 bits per heavy atom. The van der Waals surface area contributed by atoms with Gasteiger partial charge in [0.25, 0.3) is 0 Å². The van der Waals surface area contributed by atoms with Gasteiger partial charge < -0.3 is 20.5 Å². The summed E-state index contributed by atoms with van der Waals surface area (Å²) in [5, 5.41) is 2.97. The molecule has 6 heteroatoms. The summed E-state index contributed by atoms with van der Waals surface area (Å²) < 4.78 is 11.8. The maximum atomic E-state index is 12.3. The van der Waals surface area contributed by atoms with Gasteiger partial charge in [-0.3, -0.25) is 4.79 Å². The maximum absolute atomic E-state index is 12.3. The monoisotopic (exact) mass is 384 g/mol. The smallest absolute Gasteiger partial charge is 0.249 e. The average molecular weight is 385 g/mol. The van der Waals surface area contributed by atoms with E-state index in [0.717, 1.165) is 36.1 Å². The Balaban J connectivity index is 0.00000338. The predicted octanol–water partition coefficient (Wildman–Crippen LogP) is 3.35. The fourth-order valence-electron chi connectivity index (χ4n) is 3.21. The summed E-state index contributed by atoms with van der Waals surface area (Å²) in [4.78, 5) is 12.3. The molecule has 0 radical (unpaired) electrons. The van der Waals surface area contributed by atoms with E-state index in [2.05, 4.69) is 26.1 Å². The molecule has 1 aliphatic heterocycles. The van der Waals surface area contributed by atoms with Gasteiger partial charge in [0.15, 0.2) is 0 Å². The zero-order valence-corrected chi connectivity index (χ0v) is 17.1. The maximum Gasteiger partial charge on any atom is 0.249 e. The Morgan fingerprint density at radius 3 is 2.69 bits per heavy atom. The molecule has 1 aromatic rings. The van der Waals surface area contributed by atoms with E-state index in [1.54, 1.807) is 0 Å². The minimum Gasteiger partial charge on any atom is -0.490 e. The van der Waals surface area contributed by atoms with Crippen LogP contribution in [0.15, 0.2) is 18.2 Å².